The van der Waals surface area contributed by atoms with Gasteiger partial charge in [0.2, 0.25) is 0 Å². The van der Waals surface area contributed by atoms with Gasteiger partial charge in [0.1, 0.15) is 5.69 Å². The van der Waals surface area contributed by atoms with Crippen LogP contribution in [0.15, 0.2) is 47.7 Å². The normalized spacial score (nSPS) is 13.6. The molecule has 5 aromatic rings. The van der Waals surface area contributed by atoms with E-state index in [1.54, 1.807) is 47.9 Å². The van der Waals surface area contributed by atoms with Gasteiger partial charge in [-0.05, 0) is 12.1 Å². The number of carbonyl (C=O) groups is 1. The zero-order valence-corrected chi connectivity index (χ0v) is 19.0. The lowest BCUT2D eigenvalue weighted by atomic mass is 10.1. The Labute approximate surface area is 198 Å². The molecule has 0 spiro atoms. The molecule has 1 aliphatic heterocycles. The number of benzene rings is 1. The van der Waals surface area contributed by atoms with Gasteiger partial charge >= 0.3 is 0 Å². The van der Waals surface area contributed by atoms with Crippen molar-refractivity contribution in [2.75, 3.05) is 7.05 Å². The van der Waals surface area contributed by atoms with E-state index >= 15 is 4.39 Å². The molecule has 4 aromatic heterocycles. The maximum absolute atomic E-state index is 15.4. The van der Waals surface area contributed by atoms with Gasteiger partial charge in [-0.3, -0.25) is 19.2 Å². The third-order valence-electron chi connectivity index (χ3n) is 6.41. The van der Waals surface area contributed by atoms with Crippen LogP contribution >= 0.6 is 0 Å². The van der Waals surface area contributed by atoms with E-state index in [-0.39, 0.29) is 17.0 Å². The summed E-state index contributed by atoms with van der Waals surface area (Å²) in [6.45, 7) is 1.57. The van der Waals surface area contributed by atoms with Crippen molar-refractivity contribution in [3.8, 4) is 5.69 Å². The molecular formula is C24H21FN8O2. The number of pyridine rings is 2. The van der Waals surface area contributed by atoms with Crippen LogP contribution in [0.4, 0.5) is 4.39 Å². The van der Waals surface area contributed by atoms with Crippen LogP contribution in [0.25, 0.3) is 27.5 Å². The van der Waals surface area contributed by atoms with E-state index in [9.17, 15) is 9.59 Å². The largest absolute Gasteiger partial charge is 0.354 e. The second-order valence-electron chi connectivity index (χ2n) is 8.62. The van der Waals surface area contributed by atoms with Crippen LogP contribution in [-0.4, -0.2) is 47.4 Å². The maximum atomic E-state index is 15.4. The highest BCUT2D eigenvalue weighted by Gasteiger charge is 2.25. The quantitative estimate of drug-likeness (QED) is 0.414. The maximum Gasteiger partial charge on any atom is 0.269 e. The molecule has 0 bridgehead atoms. The zero-order chi connectivity index (χ0) is 24.3. The van der Waals surface area contributed by atoms with Gasteiger partial charge in [0.15, 0.2) is 5.82 Å². The van der Waals surface area contributed by atoms with Gasteiger partial charge in [-0.1, -0.05) is 12.1 Å². The minimum absolute atomic E-state index is 0.193. The standard InChI is InChI=1S/C24H21FN8O2/c1-26-24(35)18-6-4-15(7-27-18)33-11-14-10-32(12-19(14)30-33)9-13-3-5-16-21(20(13)25)29-23(34)17-8-28-31(2)22(16)17/h3-8,11H,9-10,12H2,1-2H3,(H,26,35)(H,29,34). The van der Waals surface area contributed by atoms with Gasteiger partial charge in [0, 0.05) is 56.4 Å². The number of H-pyrrole nitrogens is 1. The summed E-state index contributed by atoms with van der Waals surface area (Å²) in [4.78, 5) is 33.1. The molecule has 0 atom stereocenters. The first-order valence-electron chi connectivity index (χ1n) is 11.1. The molecule has 0 aliphatic carbocycles. The van der Waals surface area contributed by atoms with Crippen molar-refractivity contribution in [3.63, 3.8) is 0 Å². The number of carbonyl (C=O) groups excluding carboxylic acids is 1. The molecule has 0 saturated carbocycles. The fraction of sp³-hybridized carbons (Fsp3) is 0.208. The molecule has 0 unspecified atom stereocenters. The van der Waals surface area contributed by atoms with E-state index in [4.69, 9.17) is 0 Å². The average molecular weight is 472 g/mol. The first kappa shape index (κ1) is 21.2. The van der Waals surface area contributed by atoms with Crippen molar-refractivity contribution >= 4 is 27.7 Å². The number of nitrogens with zero attached hydrogens (tertiary/aromatic N) is 6. The molecule has 35 heavy (non-hydrogen) atoms. The molecule has 1 aliphatic rings. The van der Waals surface area contributed by atoms with Gasteiger partial charge in [-0.2, -0.15) is 10.2 Å². The summed E-state index contributed by atoms with van der Waals surface area (Å²) in [5.74, 6) is -0.676. The number of hydrogen-bond donors (Lipinski definition) is 2. The van der Waals surface area contributed by atoms with E-state index in [2.05, 4.69) is 30.4 Å². The van der Waals surface area contributed by atoms with Crippen LogP contribution in [0.3, 0.4) is 0 Å². The van der Waals surface area contributed by atoms with Gasteiger partial charge in [0.25, 0.3) is 11.5 Å². The van der Waals surface area contributed by atoms with Crippen molar-refractivity contribution in [1.82, 2.24) is 39.7 Å². The molecule has 11 heteroatoms. The van der Waals surface area contributed by atoms with Gasteiger partial charge in [-0.15, -0.1) is 0 Å². The second-order valence-corrected chi connectivity index (χ2v) is 8.62. The number of nitrogens with one attached hydrogen (secondary N) is 2. The Hall–Kier alpha value is -4.38. The van der Waals surface area contributed by atoms with Crippen molar-refractivity contribution in [3.05, 3.63) is 81.5 Å². The highest BCUT2D eigenvalue weighted by Crippen LogP contribution is 2.28. The molecule has 1 aromatic carbocycles. The molecule has 5 heterocycles. The molecule has 176 valence electrons. The Bertz CT molecular complexity index is 1660. The fourth-order valence-corrected chi connectivity index (χ4v) is 4.65. The minimum Gasteiger partial charge on any atom is -0.354 e. The monoisotopic (exact) mass is 472 g/mol. The molecule has 0 saturated heterocycles. The molecule has 1 amide bonds. The van der Waals surface area contributed by atoms with Crippen LogP contribution in [0.5, 0.6) is 0 Å². The lowest BCUT2D eigenvalue weighted by molar-refractivity contribution is 0.0958. The molecular weight excluding hydrogens is 451 g/mol. The van der Waals surface area contributed by atoms with E-state index < -0.39 is 5.82 Å². The fourth-order valence-electron chi connectivity index (χ4n) is 4.65. The number of rotatable bonds is 4. The first-order valence-corrected chi connectivity index (χ1v) is 11.1. The van der Waals surface area contributed by atoms with Gasteiger partial charge in [-0.25, -0.2) is 14.1 Å². The summed E-state index contributed by atoms with van der Waals surface area (Å²) in [6.07, 6.45) is 5.03. The summed E-state index contributed by atoms with van der Waals surface area (Å²) in [6, 6.07) is 7.04. The van der Waals surface area contributed by atoms with Crippen LogP contribution in [0.1, 0.15) is 27.3 Å². The molecule has 0 radical (unpaired) electrons. The third kappa shape index (κ3) is 3.39. The van der Waals surface area contributed by atoms with Crippen LogP contribution in [-0.2, 0) is 26.7 Å². The van der Waals surface area contributed by atoms with Crippen molar-refractivity contribution < 1.29 is 9.18 Å². The number of aryl methyl sites for hydroxylation is 1. The van der Waals surface area contributed by atoms with E-state index in [1.807, 2.05) is 12.3 Å². The Balaban J connectivity index is 1.23. The Morgan fingerprint density at radius 1 is 1.17 bits per heavy atom. The predicted octanol–water partition coefficient (Wildman–Crippen LogP) is 2.01. The molecule has 0 fully saturated rings. The topological polar surface area (TPSA) is 114 Å². The summed E-state index contributed by atoms with van der Waals surface area (Å²) < 4.78 is 18.8. The highest BCUT2D eigenvalue weighted by molar-refractivity contribution is 6.03. The summed E-state index contributed by atoms with van der Waals surface area (Å²) in [7, 11) is 3.30. The van der Waals surface area contributed by atoms with Gasteiger partial charge in [0.05, 0.1) is 40.2 Å². The third-order valence-corrected chi connectivity index (χ3v) is 6.41. The zero-order valence-electron chi connectivity index (χ0n) is 19.0. The summed E-state index contributed by atoms with van der Waals surface area (Å²) >= 11 is 0. The van der Waals surface area contributed by atoms with Crippen LogP contribution in [0, 0.1) is 5.82 Å². The summed E-state index contributed by atoms with van der Waals surface area (Å²) in [5.41, 5.74) is 4.00. The SMILES string of the molecule is CNC(=O)c1ccc(-n2cc3c(n2)CN(Cc2ccc4c([nH]c(=O)c5cnn(C)c54)c2F)C3)cn1. The molecule has 2 N–H and O–H groups in total. The van der Waals surface area contributed by atoms with E-state index in [0.29, 0.717) is 47.2 Å². The van der Waals surface area contributed by atoms with Crippen LogP contribution in [0.2, 0.25) is 0 Å². The van der Waals surface area contributed by atoms with Crippen LogP contribution < -0.4 is 10.9 Å². The van der Waals surface area contributed by atoms with Crippen molar-refractivity contribution in [2.24, 2.45) is 7.05 Å². The van der Waals surface area contributed by atoms with Gasteiger partial charge < -0.3 is 10.3 Å². The highest BCUT2D eigenvalue weighted by atomic mass is 19.1. The van der Waals surface area contributed by atoms with E-state index in [1.165, 1.54) is 6.20 Å². The van der Waals surface area contributed by atoms with Crippen molar-refractivity contribution in [1.29, 1.82) is 0 Å². The van der Waals surface area contributed by atoms with E-state index in [0.717, 1.165) is 16.9 Å². The number of aromatic nitrogens is 6. The lowest BCUT2D eigenvalue weighted by Gasteiger charge is -2.16. The lowest BCUT2D eigenvalue weighted by Crippen LogP contribution is -2.19. The number of amides is 1. The second kappa shape index (κ2) is 7.84. The first-order chi connectivity index (χ1) is 16.9. The Morgan fingerprint density at radius 3 is 2.77 bits per heavy atom. The molecule has 10 nitrogen and oxygen atoms in total. The predicted molar refractivity (Wildman–Crippen MR) is 126 cm³/mol. The Morgan fingerprint density at radius 2 is 2.03 bits per heavy atom. The molecule has 6 rings (SSSR count). The Kier molecular flexibility index (Phi) is 4.74. The minimum atomic E-state index is -0.431. The van der Waals surface area contributed by atoms with Crippen molar-refractivity contribution in [2.45, 2.75) is 19.6 Å². The average Bonchev–Trinajstić information content (AvgIpc) is 3.55. The number of hydrogen-bond acceptors (Lipinski definition) is 6. The smallest absolute Gasteiger partial charge is 0.269 e. The number of fused-ring (bicyclic) bond motifs is 4. The number of aromatic amines is 1. The summed E-state index contributed by atoms with van der Waals surface area (Å²) in [5, 5.41) is 12.4. The number of halogens is 1.